The minimum absolute atomic E-state index is 0.342. The monoisotopic (exact) mass is 215 g/mol. The van der Waals surface area contributed by atoms with Crippen LogP contribution < -0.4 is 9.46 Å². The van der Waals surface area contributed by atoms with Gasteiger partial charge in [-0.05, 0) is 12.1 Å². The number of hydrogen-bond donors (Lipinski definition) is 1. The molecule has 0 radical (unpaired) electrons. The van der Waals surface area contributed by atoms with Crippen molar-refractivity contribution >= 4 is 10.0 Å². The lowest BCUT2D eigenvalue weighted by Crippen LogP contribution is -2.28. The maximum Gasteiger partial charge on any atom is 0.246 e. The lowest BCUT2D eigenvalue weighted by molar-refractivity contribution is 0.374. The van der Waals surface area contributed by atoms with Gasteiger partial charge >= 0.3 is 0 Å². The molecule has 14 heavy (non-hydrogen) atoms. The molecule has 0 saturated heterocycles. The van der Waals surface area contributed by atoms with Crippen molar-refractivity contribution in [2.24, 2.45) is 0 Å². The standard InChI is InChI=1S/C9H13NO3S/c1-2-10-14(11,12)8-13-9-6-4-3-5-7-9/h3-7,10H,2,8H2,1H3. The number of sulfonamides is 1. The van der Waals surface area contributed by atoms with Crippen molar-refractivity contribution < 1.29 is 13.2 Å². The van der Waals surface area contributed by atoms with Crippen molar-refractivity contribution in [3.63, 3.8) is 0 Å². The lowest BCUT2D eigenvalue weighted by Gasteiger charge is -2.06. The minimum atomic E-state index is -3.30. The van der Waals surface area contributed by atoms with Crippen LogP contribution in [0.1, 0.15) is 6.92 Å². The average Bonchev–Trinajstić information content (AvgIpc) is 2.17. The van der Waals surface area contributed by atoms with E-state index in [9.17, 15) is 8.42 Å². The number of ether oxygens (including phenoxy) is 1. The van der Waals surface area contributed by atoms with Crippen LogP contribution in [0.2, 0.25) is 0 Å². The summed E-state index contributed by atoms with van der Waals surface area (Å²) in [7, 11) is -3.30. The normalized spacial score (nSPS) is 11.2. The van der Waals surface area contributed by atoms with Gasteiger partial charge in [0.2, 0.25) is 16.0 Å². The van der Waals surface area contributed by atoms with Crippen LogP contribution in [0.4, 0.5) is 0 Å². The summed E-state index contributed by atoms with van der Waals surface area (Å²) in [6, 6.07) is 8.83. The van der Waals surface area contributed by atoms with Crippen LogP contribution in [0.25, 0.3) is 0 Å². The van der Waals surface area contributed by atoms with Gasteiger partial charge in [-0.2, -0.15) is 0 Å². The van der Waals surface area contributed by atoms with E-state index in [1.165, 1.54) is 0 Å². The Morgan fingerprint density at radius 1 is 1.29 bits per heavy atom. The van der Waals surface area contributed by atoms with Crippen molar-refractivity contribution in [1.29, 1.82) is 0 Å². The molecular formula is C9H13NO3S. The highest BCUT2D eigenvalue weighted by atomic mass is 32.2. The van der Waals surface area contributed by atoms with Crippen LogP contribution >= 0.6 is 0 Å². The summed E-state index contributed by atoms with van der Waals surface area (Å²) in [5, 5.41) is 0. The first-order valence-corrected chi connectivity index (χ1v) is 5.94. The van der Waals surface area contributed by atoms with Gasteiger partial charge in [0, 0.05) is 6.54 Å². The summed E-state index contributed by atoms with van der Waals surface area (Å²) in [6.07, 6.45) is 0. The van der Waals surface area contributed by atoms with Crippen molar-refractivity contribution in [3.05, 3.63) is 30.3 Å². The van der Waals surface area contributed by atoms with E-state index >= 15 is 0 Å². The predicted octanol–water partition coefficient (Wildman–Crippen LogP) is 0.962. The highest BCUT2D eigenvalue weighted by Crippen LogP contribution is 2.08. The van der Waals surface area contributed by atoms with Crippen molar-refractivity contribution in [3.8, 4) is 5.75 Å². The van der Waals surface area contributed by atoms with Gasteiger partial charge in [-0.1, -0.05) is 25.1 Å². The molecule has 0 fully saturated rings. The van der Waals surface area contributed by atoms with E-state index in [1.54, 1.807) is 31.2 Å². The van der Waals surface area contributed by atoms with Gasteiger partial charge in [0.1, 0.15) is 5.75 Å². The van der Waals surface area contributed by atoms with E-state index in [0.29, 0.717) is 12.3 Å². The van der Waals surface area contributed by atoms with E-state index < -0.39 is 10.0 Å². The molecule has 78 valence electrons. The van der Waals surface area contributed by atoms with E-state index in [0.717, 1.165) is 0 Å². The van der Waals surface area contributed by atoms with Crippen LogP contribution in [0, 0.1) is 0 Å². The number of benzene rings is 1. The highest BCUT2D eigenvalue weighted by molar-refractivity contribution is 7.89. The van der Waals surface area contributed by atoms with Gasteiger partial charge in [-0.15, -0.1) is 0 Å². The van der Waals surface area contributed by atoms with Gasteiger partial charge in [0.05, 0.1) is 0 Å². The van der Waals surface area contributed by atoms with Gasteiger partial charge in [0.15, 0.2) is 0 Å². The SMILES string of the molecule is CCNS(=O)(=O)COc1ccccc1. The lowest BCUT2D eigenvalue weighted by atomic mass is 10.3. The van der Waals surface area contributed by atoms with Gasteiger partial charge in [-0.25, -0.2) is 13.1 Å². The average molecular weight is 215 g/mol. The van der Waals surface area contributed by atoms with Crippen molar-refractivity contribution in [2.45, 2.75) is 6.92 Å². The first kappa shape index (κ1) is 11.0. The zero-order valence-corrected chi connectivity index (χ0v) is 8.75. The molecule has 1 N–H and O–H groups in total. The zero-order valence-electron chi connectivity index (χ0n) is 7.93. The first-order chi connectivity index (χ1) is 6.64. The minimum Gasteiger partial charge on any atom is -0.476 e. The van der Waals surface area contributed by atoms with Crippen molar-refractivity contribution in [2.75, 3.05) is 12.5 Å². The molecule has 1 rings (SSSR count). The number of hydrogen-bond acceptors (Lipinski definition) is 3. The third-order valence-electron chi connectivity index (χ3n) is 1.49. The molecule has 0 aliphatic rings. The second kappa shape index (κ2) is 4.97. The molecule has 0 bridgehead atoms. The van der Waals surface area contributed by atoms with Crippen LogP contribution in [0.15, 0.2) is 30.3 Å². The Bertz CT molecular complexity index is 361. The van der Waals surface area contributed by atoms with E-state index in [-0.39, 0.29) is 5.94 Å². The smallest absolute Gasteiger partial charge is 0.246 e. The fourth-order valence-corrected chi connectivity index (χ4v) is 1.74. The second-order valence-corrected chi connectivity index (χ2v) is 4.44. The van der Waals surface area contributed by atoms with E-state index in [2.05, 4.69) is 4.72 Å². The molecule has 0 saturated carbocycles. The number of para-hydroxylation sites is 1. The largest absolute Gasteiger partial charge is 0.476 e. The maximum atomic E-state index is 11.2. The number of rotatable bonds is 5. The molecule has 5 heteroatoms. The molecule has 0 heterocycles. The zero-order chi connectivity index (χ0) is 10.4. The summed E-state index contributed by atoms with van der Waals surface area (Å²) in [4.78, 5) is 0. The molecule has 0 aliphatic carbocycles. The molecule has 0 atom stereocenters. The van der Waals surface area contributed by atoms with Crippen LogP contribution in [0.5, 0.6) is 5.75 Å². The summed E-state index contributed by atoms with van der Waals surface area (Å²) in [6.45, 7) is 2.10. The third-order valence-corrected chi connectivity index (χ3v) is 2.64. The maximum absolute atomic E-state index is 11.2. The summed E-state index contributed by atoms with van der Waals surface area (Å²) >= 11 is 0. The Morgan fingerprint density at radius 3 is 2.50 bits per heavy atom. The van der Waals surface area contributed by atoms with Gasteiger partial charge in [0.25, 0.3) is 0 Å². The van der Waals surface area contributed by atoms with Crippen LogP contribution in [-0.4, -0.2) is 20.9 Å². The highest BCUT2D eigenvalue weighted by Gasteiger charge is 2.08. The third kappa shape index (κ3) is 3.76. The molecule has 4 nitrogen and oxygen atoms in total. The molecule has 0 unspecified atom stereocenters. The molecule has 0 spiro atoms. The molecule has 1 aromatic carbocycles. The van der Waals surface area contributed by atoms with Gasteiger partial charge < -0.3 is 4.74 Å². The Balaban J connectivity index is 2.49. The van der Waals surface area contributed by atoms with E-state index in [4.69, 9.17) is 4.74 Å². The van der Waals surface area contributed by atoms with Gasteiger partial charge in [-0.3, -0.25) is 0 Å². The topological polar surface area (TPSA) is 55.4 Å². The molecule has 0 amide bonds. The Labute approximate surface area is 84.0 Å². The molecule has 0 aromatic heterocycles. The Morgan fingerprint density at radius 2 is 1.93 bits per heavy atom. The molecule has 1 aromatic rings. The molecule has 0 aliphatic heterocycles. The Kier molecular flexibility index (Phi) is 3.91. The Hall–Kier alpha value is -1.07. The molecular weight excluding hydrogens is 202 g/mol. The second-order valence-electron chi connectivity index (χ2n) is 2.69. The summed E-state index contributed by atoms with van der Waals surface area (Å²) in [5.74, 6) is 0.208. The fourth-order valence-electron chi connectivity index (χ4n) is 0.924. The quantitative estimate of drug-likeness (QED) is 0.796. The van der Waals surface area contributed by atoms with Crippen LogP contribution in [0.3, 0.4) is 0 Å². The summed E-state index contributed by atoms with van der Waals surface area (Å²) < 4.78 is 29.7. The summed E-state index contributed by atoms with van der Waals surface area (Å²) in [5.41, 5.74) is 0. The fraction of sp³-hybridized carbons (Fsp3) is 0.333. The van der Waals surface area contributed by atoms with Crippen molar-refractivity contribution in [1.82, 2.24) is 4.72 Å². The van der Waals surface area contributed by atoms with E-state index in [1.807, 2.05) is 6.07 Å². The predicted molar refractivity (Wildman–Crippen MR) is 54.5 cm³/mol. The number of nitrogens with one attached hydrogen (secondary N) is 1. The first-order valence-electron chi connectivity index (χ1n) is 4.29. The van der Waals surface area contributed by atoms with Crippen LogP contribution in [-0.2, 0) is 10.0 Å².